The Labute approximate surface area is 135 Å². The maximum absolute atomic E-state index is 11.7. The van der Waals surface area contributed by atoms with E-state index < -0.39 is 0 Å². The third-order valence-electron chi connectivity index (χ3n) is 6.77. The van der Waals surface area contributed by atoms with E-state index in [9.17, 15) is 9.59 Å². The van der Waals surface area contributed by atoms with Gasteiger partial charge in [-0.1, -0.05) is 31.1 Å². The van der Waals surface area contributed by atoms with E-state index in [2.05, 4.69) is 26.8 Å². The average Bonchev–Trinajstić information content (AvgIpc) is 2.48. The van der Waals surface area contributed by atoms with Crippen LogP contribution in [0.5, 0.6) is 0 Å². The highest BCUT2D eigenvalue weighted by atomic mass is 16.1. The normalized spacial score (nSPS) is 38.9. The van der Waals surface area contributed by atoms with Gasteiger partial charge in [0.05, 0.1) is 0 Å². The van der Waals surface area contributed by atoms with Gasteiger partial charge in [-0.05, 0) is 75.2 Å². The minimum Gasteiger partial charge on any atom is -0.303 e. The van der Waals surface area contributed by atoms with Gasteiger partial charge in [0.2, 0.25) is 0 Å². The highest BCUT2D eigenvalue weighted by Crippen LogP contribution is 2.61. The first-order valence-corrected chi connectivity index (χ1v) is 8.62. The fourth-order valence-electron chi connectivity index (χ4n) is 5.01. The van der Waals surface area contributed by atoms with Crippen molar-refractivity contribution >= 4 is 12.6 Å². The number of rotatable bonds is 5. The first-order valence-electron chi connectivity index (χ1n) is 8.62. The van der Waals surface area contributed by atoms with E-state index in [1.165, 1.54) is 18.3 Å². The first-order chi connectivity index (χ1) is 10.4. The van der Waals surface area contributed by atoms with Gasteiger partial charge in [-0.25, -0.2) is 0 Å². The van der Waals surface area contributed by atoms with Crippen molar-refractivity contribution in [1.29, 1.82) is 0 Å². The molecule has 4 atom stereocenters. The molecule has 22 heavy (non-hydrogen) atoms. The van der Waals surface area contributed by atoms with E-state index in [0.29, 0.717) is 5.92 Å². The summed E-state index contributed by atoms with van der Waals surface area (Å²) in [7, 11) is 0. The molecular formula is C20H30O2. The zero-order valence-electron chi connectivity index (χ0n) is 14.5. The molecule has 0 radical (unpaired) electrons. The van der Waals surface area contributed by atoms with Crippen LogP contribution in [0.3, 0.4) is 0 Å². The van der Waals surface area contributed by atoms with Crippen LogP contribution >= 0.6 is 0 Å². The molecule has 0 aromatic carbocycles. The number of fused-ring (bicyclic) bond motifs is 1. The Hall–Kier alpha value is -1.18. The van der Waals surface area contributed by atoms with Crippen molar-refractivity contribution in [2.24, 2.45) is 22.7 Å². The summed E-state index contributed by atoms with van der Waals surface area (Å²) >= 11 is 0. The summed E-state index contributed by atoms with van der Waals surface area (Å²) in [6.45, 7) is 9.00. The zero-order chi connectivity index (χ0) is 16.4. The quantitative estimate of drug-likeness (QED) is 0.411. The third-order valence-corrected chi connectivity index (χ3v) is 6.77. The average molecular weight is 302 g/mol. The molecule has 0 aromatic rings. The van der Waals surface area contributed by atoms with Crippen molar-refractivity contribution in [2.45, 2.75) is 66.2 Å². The second-order valence-electron chi connectivity index (χ2n) is 7.87. The van der Waals surface area contributed by atoms with Gasteiger partial charge in [0.15, 0.2) is 0 Å². The Morgan fingerprint density at radius 3 is 2.68 bits per heavy atom. The number of allylic oxidation sites excluding steroid dienone is 4. The van der Waals surface area contributed by atoms with E-state index in [-0.39, 0.29) is 16.7 Å². The molecule has 122 valence electrons. The van der Waals surface area contributed by atoms with Crippen LogP contribution in [0.2, 0.25) is 0 Å². The van der Waals surface area contributed by atoms with Gasteiger partial charge in [-0.2, -0.15) is 0 Å². The summed E-state index contributed by atoms with van der Waals surface area (Å²) in [6, 6.07) is 0. The zero-order valence-corrected chi connectivity index (χ0v) is 14.5. The van der Waals surface area contributed by atoms with Gasteiger partial charge in [0.1, 0.15) is 12.6 Å². The number of carbonyl (C=O) groups excluding carboxylic acids is 2. The summed E-state index contributed by atoms with van der Waals surface area (Å²) in [5.41, 5.74) is 2.92. The standard InChI is InChI=1S/C20H30O2/c1-15(10-13-21)8-11-20(4)17(14-22)9-12-19(3)16(2)6-5-7-18(19)20/h6,10,13-14,17-18H,5,7-9,11-12H2,1-4H3/b15-10+/t17-,18-,19-,20-/m1/s1. The van der Waals surface area contributed by atoms with Crippen LogP contribution in [0.1, 0.15) is 66.2 Å². The molecule has 0 aromatic heterocycles. The van der Waals surface area contributed by atoms with Crippen LogP contribution in [0.15, 0.2) is 23.3 Å². The second-order valence-corrected chi connectivity index (χ2v) is 7.87. The van der Waals surface area contributed by atoms with Gasteiger partial charge in [-0.3, -0.25) is 4.79 Å². The number of hydrogen-bond acceptors (Lipinski definition) is 2. The number of aldehydes is 2. The van der Waals surface area contributed by atoms with Gasteiger partial charge in [0, 0.05) is 5.92 Å². The number of hydrogen-bond donors (Lipinski definition) is 0. The van der Waals surface area contributed by atoms with Gasteiger partial charge >= 0.3 is 0 Å². The molecule has 0 unspecified atom stereocenters. The van der Waals surface area contributed by atoms with E-state index in [1.807, 2.05) is 6.92 Å². The second kappa shape index (κ2) is 6.52. The Morgan fingerprint density at radius 1 is 1.32 bits per heavy atom. The van der Waals surface area contributed by atoms with Crippen molar-refractivity contribution in [3.63, 3.8) is 0 Å². The Balaban J connectivity index is 2.30. The molecule has 2 nitrogen and oxygen atoms in total. The van der Waals surface area contributed by atoms with Crippen molar-refractivity contribution in [1.82, 2.24) is 0 Å². The van der Waals surface area contributed by atoms with E-state index in [1.54, 1.807) is 6.08 Å². The summed E-state index contributed by atoms with van der Waals surface area (Å²) in [5.74, 6) is 0.721. The minimum absolute atomic E-state index is 0.0439. The predicted molar refractivity (Wildman–Crippen MR) is 90.5 cm³/mol. The lowest BCUT2D eigenvalue weighted by atomic mass is 9.47. The molecule has 0 aliphatic heterocycles. The summed E-state index contributed by atoms with van der Waals surface area (Å²) in [6.07, 6.45) is 12.5. The van der Waals surface area contributed by atoms with E-state index in [0.717, 1.165) is 44.0 Å². The predicted octanol–water partition coefficient (Wildman–Crippen LogP) is 4.89. The summed E-state index contributed by atoms with van der Waals surface area (Å²) in [5, 5.41) is 0. The minimum atomic E-state index is 0.0439. The van der Waals surface area contributed by atoms with Crippen LogP contribution in [0, 0.1) is 22.7 Å². The molecule has 0 saturated heterocycles. The smallest absolute Gasteiger partial charge is 0.142 e. The topological polar surface area (TPSA) is 34.1 Å². The lowest BCUT2D eigenvalue weighted by molar-refractivity contribution is -0.124. The fourth-order valence-corrected chi connectivity index (χ4v) is 5.01. The Morgan fingerprint density at radius 2 is 2.05 bits per heavy atom. The molecule has 1 saturated carbocycles. The highest BCUT2D eigenvalue weighted by molar-refractivity contribution is 5.65. The molecule has 1 fully saturated rings. The number of carbonyl (C=O) groups is 2. The molecule has 0 N–H and O–H groups in total. The maximum Gasteiger partial charge on any atom is 0.142 e. The molecule has 0 heterocycles. The van der Waals surface area contributed by atoms with E-state index in [4.69, 9.17) is 0 Å². The van der Waals surface area contributed by atoms with Crippen molar-refractivity contribution in [2.75, 3.05) is 0 Å². The van der Waals surface area contributed by atoms with Gasteiger partial charge < -0.3 is 4.79 Å². The maximum atomic E-state index is 11.7. The van der Waals surface area contributed by atoms with Gasteiger partial charge in [0.25, 0.3) is 0 Å². The van der Waals surface area contributed by atoms with Crippen molar-refractivity contribution in [3.05, 3.63) is 23.3 Å². The molecular weight excluding hydrogens is 272 g/mol. The molecule has 0 spiro atoms. The molecule has 2 aliphatic carbocycles. The molecule has 0 amide bonds. The van der Waals surface area contributed by atoms with Crippen LogP contribution < -0.4 is 0 Å². The Bertz CT molecular complexity index is 502. The lowest BCUT2D eigenvalue weighted by Gasteiger charge is -2.57. The highest BCUT2D eigenvalue weighted by Gasteiger charge is 2.54. The monoisotopic (exact) mass is 302 g/mol. The Kier molecular flexibility index (Phi) is 5.09. The molecule has 0 bridgehead atoms. The van der Waals surface area contributed by atoms with Crippen LogP contribution in [0.4, 0.5) is 0 Å². The largest absolute Gasteiger partial charge is 0.303 e. The van der Waals surface area contributed by atoms with Crippen molar-refractivity contribution < 1.29 is 9.59 Å². The summed E-state index contributed by atoms with van der Waals surface area (Å²) < 4.78 is 0. The van der Waals surface area contributed by atoms with Crippen molar-refractivity contribution in [3.8, 4) is 0 Å². The molecule has 2 heteroatoms. The summed E-state index contributed by atoms with van der Waals surface area (Å²) in [4.78, 5) is 22.4. The molecule has 2 aliphatic rings. The van der Waals surface area contributed by atoms with Gasteiger partial charge in [-0.15, -0.1) is 0 Å². The fraction of sp³-hybridized carbons (Fsp3) is 0.700. The van der Waals surface area contributed by atoms with Crippen LogP contribution in [-0.2, 0) is 9.59 Å². The van der Waals surface area contributed by atoms with Crippen LogP contribution in [-0.4, -0.2) is 12.6 Å². The van der Waals surface area contributed by atoms with Crippen LogP contribution in [0.25, 0.3) is 0 Å². The first kappa shape index (κ1) is 17.2. The van der Waals surface area contributed by atoms with E-state index >= 15 is 0 Å². The third kappa shape index (κ3) is 2.85. The SMILES string of the molecule is CC1=CCC[C@H]2[C@](C)(CC/C(C)=C/C=O)[C@@H](C=O)CC[C@]12C. The molecule has 2 rings (SSSR count). The lowest BCUT2D eigenvalue weighted by Crippen LogP contribution is -2.50.